The van der Waals surface area contributed by atoms with E-state index in [0.29, 0.717) is 44.0 Å². The molecule has 2 aromatic rings. The smallest absolute Gasteiger partial charge is 0.341 e. The van der Waals surface area contributed by atoms with Crippen LogP contribution in [0.1, 0.15) is 58.8 Å². The van der Waals surface area contributed by atoms with Crippen LogP contribution in [0.25, 0.3) is 0 Å². The van der Waals surface area contributed by atoms with Gasteiger partial charge in [0.25, 0.3) is 5.91 Å². The lowest BCUT2D eigenvalue weighted by Crippen LogP contribution is -2.41. The normalized spacial score (nSPS) is 18.1. The maximum atomic E-state index is 14.1. The predicted octanol–water partition coefficient (Wildman–Crippen LogP) is 3.17. The first-order chi connectivity index (χ1) is 16.4. The molecule has 1 aromatic carbocycles. The van der Waals surface area contributed by atoms with Crippen molar-refractivity contribution in [2.45, 2.75) is 46.1 Å². The summed E-state index contributed by atoms with van der Waals surface area (Å²) in [4.78, 5) is 25.4. The number of nitrogens with zero attached hydrogens (tertiary/aromatic N) is 2. The van der Waals surface area contributed by atoms with E-state index in [2.05, 4.69) is 5.32 Å². The number of esters is 1. The summed E-state index contributed by atoms with van der Waals surface area (Å²) >= 11 is 0. The first-order valence-electron chi connectivity index (χ1n) is 11.8. The van der Waals surface area contributed by atoms with Crippen molar-refractivity contribution in [1.29, 1.82) is 0 Å². The molecular weight excluding hydrogens is 441 g/mol. The number of hydrogen-bond acceptors (Lipinski definition) is 6. The van der Waals surface area contributed by atoms with E-state index in [1.54, 1.807) is 0 Å². The highest BCUT2D eigenvalue weighted by Crippen LogP contribution is 2.37. The van der Waals surface area contributed by atoms with Gasteiger partial charge in [-0.15, -0.1) is 0 Å². The number of ether oxygens (including phenoxy) is 3. The summed E-state index contributed by atoms with van der Waals surface area (Å²) in [5.41, 5.74) is 2.19. The average Bonchev–Trinajstić information content (AvgIpc) is 3.11. The van der Waals surface area contributed by atoms with E-state index < -0.39 is 11.8 Å². The van der Waals surface area contributed by atoms with Crippen LogP contribution in [0.3, 0.4) is 0 Å². The van der Waals surface area contributed by atoms with Gasteiger partial charge in [-0.2, -0.15) is 5.10 Å². The number of amides is 1. The minimum absolute atomic E-state index is 0.0401. The highest BCUT2D eigenvalue weighted by Gasteiger charge is 2.39. The lowest BCUT2D eigenvalue weighted by Gasteiger charge is -2.36. The number of carbonyl (C=O) groups is 2. The summed E-state index contributed by atoms with van der Waals surface area (Å²) in [5, 5.41) is 7.86. The predicted molar refractivity (Wildman–Crippen MR) is 123 cm³/mol. The fourth-order valence-corrected chi connectivity index (χ4v) is 4.76. The molecule has 1 spiro atoms. The SMILES string of the molecule is CCc1nn(C[C@@H](C)COC(=O)c2cc(OC)ccc2F)c2c1C(=O)NCC1(CCOCC1)C2. The Balaban J connectivity index is 1.50. The number of benzene rings is 1. The topological polar surface area (TPSA) is 91.7 Å². The second kappa shape index (κ2) is 10.1. The van der Waals surface area contributed by atoms with E-state index in [4.69, 9.17) is 19.3 Å². The molecule has 2 aliphatic rings. The molecular formula is C25H32FN3O5. The van der Waals surface area contributed by atoms with Crippen molar-refractivity contribution in [2.24, 2.45) is 11.3 Å². The molecule has 0 saturated carbocycles. The van der Waals surface area contributed by atoms with Gasteiger partial charge in [0.1, 0.15) is 11.6 Å². The first kappa shape index (κ1) is 24.2. The fraction of sp³-hybridized carbons (Fsp3) is 0.560. The number of hydrogen-bond donors (Lipinski definition) is 1. The molecule has 0 bridgehead atoms. The summed E-state index contributed by atoms with van der Waals surface area (Å²) < 4.78 is 32.0. The molecule has 1 saturated heterocycles. The summed E-state index contributed by atoms with van der Waals surface area (Å²) in [7, 11) is 1.45. The first-order valence-corrected chi connectivity index (χ1v) is 11.8. The molecule has 8 nitrogen and oxygen atoms in total. The number of nitrogens with one attached hydrogen (secondary N) is 1. The van der Waals surface area contributed by atoms with Crippen molar-refractivity contribution in [2.75, 3.05) is 33.5 Å². The van der Waals surface area contributed by atoms with Gasteiger partial charge in [0.2, 0.25) is 0 Å². The zero-order valence-corrected chi connectivity index (χ0v) is 20.0. The van der Waals surface area contributed by atoms with Crippen molar-refractivity contribution in [3.05, 3.63) is 46.5 Å². The summed E-state index contributed by atoms with van der Waals surface area (Å²) in [6.45, 7) is 6.51. The molecule has 184 valence electrons. The van der Waals surface area contributed by atoms with Crippen LogP contribution >= 0.6 is 0 Å². The van der Waals surface area contributed by atoms with Crippen molar-refractivity contribution in [3.8, 4) is 5.75 Å². The van der Waals surface area contributed by atoms with Gasteiger partial charge in [-0.05, 0) is 49.3 Å². The highest BCUT2D eigenvalue weighted by atomic mass is 19.1. The van der Waals surface area contributed by atoms with E-state index in [1.807, 2.05) is 18.5 Å². The number of rotatable bonds is 7. The van der Waals surface area contributed by atoms with Crippen molar-refractivity contribution >= 4 is 11.9 Å². The van der Waals surface area contributed by atoms with E-state index >= 15 is 0 Å². The van der Waals surface area contributed by atoms with E-state index in [9.17, 15) is 14.0 Å². The third kappa shape index (κ3) is 4.94. The maximum Gasteiger partial charge on any atom is 0.341 e. The summed E-state index contributed by atoms with van der Waals surface area (Å²) in [5.74, 6) is -1.18. The molecule has 1 N–H and O–H groups in total. The molecule has 0 unspecified atom stereocenters. The molecule has 4 rings (SSSR count). The Morgan fingerprint density at radius 3 is 2.82 bits per heavy atom. The average molecular weight is 474 g/mol. The molecule has 1 fully saturated rings. The lowest BCUT2D eigenvalue weighted by molar-refractivity contribution is 0.0151. The maximum absolute atomic E-state index is 14.1. The van der Waals surface area contributed by atoms with E-state index in [-0.39, 0.29) is 29.4 Å². The lowest BCUT2D eigenvalue weighted by atomic mass is 9.76. The van der Waals surface area contributed by atoms with Crippen LogP contribution in [0.2, 0.25) is 0 Å². The van der Waals surface area contributed by atoms with Crippen LogP contribution in [0.5, 0.6) is 5.75 Å². The monoisotopic (exact) mass is 473 g/mol. The van der Waals surface area contributed by atoms with Gasteiger partial charge < -0.3 is 19.5 Å². The number of aryl methyl sites for hydroxylation is 1. The van der Waals surface area contributed by atoms with Gasteiger partial charge in [0.05, 0.1) is 36.2 Å². The molecule has 0 radical (unpaired) electrons. The summed E-state index contributed by atoms with van der Waals surface area (Å²) in [6, 6.07) is 3.96. The van der Waals surface area contributed by atoms with Crippen LogP contribution in [-0.2, 0) is 28.9 Å². The Hall–Kier alpha value is -2.94. The van der Waals surface area contributed by atoms with Crippen molar-refractivity contribution in [3.63, 3.8) is 0 Å². The van der Waals surface area contributed by atoms with Crippen LogP contribution in [0, 0.1) is 17.2 Å². The largest absolute Gasteiger partial charge is 0.497 e. The second-order valence-corrected chi connectivity index (χ2v) is 9.33. The van der Waals surface area contributed by atoms with Crippen molar-refractivity contribution < 1.29 is 28.2 Å². The number of aromatic nitrogens is 2. The van der Waals surface area contributed by atoms with Crippen LogP contribution < -0.4 is 10.1 Å². The summed E-state index contributed by atoms with van der Waals surface area (Å²) in [6.07, 6.45) is 3.17. The standard InChI is InChI=1S/C25H32FN3O5/c1-4-20-22-21(12-25(15-27-23(22)30)7-9-33-10-8-25)29(28-20)13-16(2)14-34-24(31)18-11-17(32-3)5-6-19(18)26/h5-6,11,16H,4,7-10,12-15H2,1-3H3,(H,27,30)/t16-/m1/s1. The second-order valence-electron chi connectivity index (χ2n) is 9.33. The molecule has 3 heterocycles. The van der Waals surface area contributed by atoms with E-state index in [0.717, 1.165) is 30.7 Å². The number of carbonyl (C=O) groups excluding carboxylic acids is 2. The minimum atomic E-state index is -0.739. The molecule has 1 aromatic heterocycles. The molecule has 1 amide bonds. The van der Waals surface area contributed by atoms with Gasteiger partial charge in [0, 0.05) is 32.2 Å². The zero-order chi connectivity index (χ0) is 24.3. The zero-order valence-electron chi connectivity index (χ0n) is 20.0. The number of methoxy groups -OCH3 is 1. The van der Waals surface area contributed by atoms with Gasteiger partial charge >= 0.3 is 5.97 Å². The van der Waals surface area contributed by atoms with Crippen LogP contribution in [-0.4, -0.2) is 55.1 Å². The van der Waals surface area contributed by atoms with E-state index in [1.165, 1.54) is 25.3 Å². The minimum Gasteiger partial charge on any atom is -0.497 e. The third-order valence-electron chi connectivity index (χ3n) is 6.79. The molecule has 2 aliphatic heterocycles. The molecule has 9 heteroatoms. The highest BCUT2D eigenvalue weighted by molar-refractivity contribution is 5.97. The number of halogens is 1. The Morgan fingerprint density at radius 2 is 2.12 bits per heavy atom. The Kier molecular flexibility index (Phi) is 7.21. The fourth-order valence-electron chi connectivity index (χ4n) is 4.76. The van der Waals surface area contributed by atoms with Gasteiger partial charge in [-0.25, -0.2) is 9.18 Å². The quantitative estimate of drug-likeness (QED) is 0.621. The van der Waals surface area contributed by atoms with Crippen LogP contribution in [0.15, 0.2) is 18.2 Å². The van der Waals surface area contributed by atoms with Gasteiger partial charge in [-0.3, -0.25) is 9.48 Å². The Labute approximate surface area is 198 Å². The third-order valence-corrected chi connectivity index (χ3v) is 6.79. The Morgan fingerprint density at radius 1 is 1.35 bits per heavy atom. The van der Waals surface area contributed by atoms with Gasteiger partial charge in [-0.1, -0.05) is 13.8 Å². The van der Waals surface area contributed by atoms with Gasteiger partial charge in [0.15, 0.2) is 0 Å². The molecule has 34 heavy (non-hydrogen) atoms. The molecule has 0 aliphatic carbocycles. The van der Waals surface area contributed by atoms with Crippen molar-refractivity contribution in [1.82, 2.24) is 15.1 Å². The Bertz CT molecular complexity index is 1060. The van der Waals surface area contributed by atoms with Crippen LogP contribution in [0.4, 0.5) is 4.39 Å². The number of fused-ring (bicyclic) bond motifs is 1. The molecule has 1 atom stereocenters.